The van der Waals surface area contributed by atoms with Crippen molar-refractivity contribution >= 4 is 0 Å². The van der Waals surface area contributed by atoms with Gasteiger partial charge >= 0.3 is 0 Å². The van der Waals surface area contributed by atoms with Gasteiger partial charge in [0, 0.05) is 18.5 Å². The summed E-state index contributed by atoms with van der Waals surface area (Å²) in [6.07, 6.45) is 2.59. The third kappa shape index (κ3) is 3.53. The Hall–Kier alpha value is -0.900. The first kappa shape index (κ1) is 14.2. The molecule has 0 aliphatic rings. The van der Waals surface area contributed by atoms with Crippen molar-refractivity contribution in [2.75, 3.05) is 7.05 Å². The molecule has 0 spiro atoms. The molecule has 1 rings (SSSR count). The summed E-state index contributed by atoms with van der Waals surface area (Å²) in [6, 6.07) is 0.830. The fourth-order valence-corrected chi connectivity index (χ4v) is 2.06. The van der Waals surface area contributed by atoms with Crippen LogP contribution in [0.4, 0.5) is 0 Å². The van der Waals surface area contributed by atoms with E-state index in [9.17, 15) is 0 Å². The van der Waals surface area contributed by atoms with Gasteiger partial charge in [0.25, 0.3) is 0 Å². The van der Waals surface area contributed by atoms with Crippen molar-refractivity contribution in [2.45, 2.75) is 53.1 Å². The predicted octanol–water partition coefficient (Wildman–Crippen LogP) is 2.28. The second kappa shape index (κ2) is 6.15. The van der Waals surface area contributed by atoms with Crippen LogP contribution in [-0.4, -0.2) is 27.9 Å². The van der Waals surface area contributed by atoms with Crippen LogP contribution in [0.5, 0.6) is 0 Å². The molecule has 1 aromatic heterocycles. The number of rotatable bonds is 6. The van der Waals surface area contributed by atoms with E-state index < -0.39 is 0 Å². The van der Waals surface area contributed by atoms with E-state index in [-0.39, 0.29) is 0 Å². The van der Waals surface area contributed by atoms with Gasteiger partial charge in [0.05, 0.1) is 0 Å². The van der Waals surface area contributed by atoms with Gasteiger partial charge in [0.1, 0.15) is 12.2 Å². The minimum Gasteiger partial charge on any atom is -0.316 e. The normalized spacial score (nSPS) is 15.5. The molecule has 0 amide bonds. The molecule has 1 aromatic rings. The lowest BCUT2D eigenvalue weighted by Gasteiger charge is -2.26. The fourth-order valence-electron chi connectivity index (χ4n) is 2.06. The van der Waals surface area contributed by atoms with Gasteiger partial charge in [-0.3, -0.25) is 0 Å². The van der Waals surface area contributed by atoms with E-state index in [1.54, 1.807) is 6.33 Å². The van der Waals surface area contributed by atoms with Gasteiger partial charge in [0.15, 0.2) is 0 Å². The molecular weight excluding hydrogens is 212 g/mol. The number of likely N-dealkylation sites (N-methyl/N-ethyl adjacent to an activating group) is 1. The van der Waals surface area contributed by atoms with E-state index in [2.05, 4.69) is 50.0 Å². The third-order valence-electron chi connectivity index (χ3n) is 3.60. The molecule has 98 valence electrons. The Bertz CT molecular complexity index is 330. The van der Waals surface area contributed by atoms with Crippen LogP contribution in [0, 0.1) is 11.8 Å². The van der Waals surface area contributed by atoms with E-state index in [0.29, 0.717) is 23.9 Å². The molecule has 0 fully saturated rings. The van der Waals surface area contributed by atoms with Crippen molar-refractivity contribution < 1.29 is 0 Å². The van der Waals surface area contributed by atoms with Crippen LogP contribution in [0.25, 0.3) is 0 Å². The Labute approximate surface area is 105 Å². The highest BCUT2D eigenvalue weighted by Gasteiger charge is 2.21. The summed E-state index contributed by atoms with van der Waals surface area (Å²) in [7, 11) is 2.03. The monoisotopic (exact) mass is 238 g/mol. The standard InChI is InChI=1S/C13H26N4/c1-9(2)11(5)12(14-6)7-13-15-8-16-17(13)10(3)4/h8-12,14H,7H2,1-6H3. The zero-order valence-electron chi connectivity index (χ0n) is 11.9. The van der Waals surface area contributed by atoms with E-state index in [1.807, 2.05) is 11.7 Å². The molecule has 0 aliphatic heterocycles. The zero-order valence-corrected chi connectivity index (χ0v) is 11.9. The lowest BCUT2D eigenvalue weighted by molar-refractivity contribution is 0.302. The Morgan fingerprint density at radius 2 is 1.88 bits per heavy atom. The highest BCUT2D eigenvalue weighted by Crippen LogP contribution is 2.18. The van der Waals surface area contributed by atoms with Crippen LogP contribution in [0.1, 0.15) is 46.5 Å². The lowest BCUT2D eigenvalue weighted by atomic mass is 9.88. The van der Waals surface area contributed by atoms with Crippen molar-refractivity contribution in [1.82, 2.24) is 20.1 Å². The van der Waals surface area contributed by atoms with Crippen LogP contribution >= 0.6 is 0 Å². The van der Waals surface area contributed by atoms with Crippen molar-refractivity contribution in [1.29, 1.82) is 0 Å². The molecule has 4 nitrogen and oxygen atoms in total. The van der Waals surface area contributed by atoms with E-state index >= 15 is 0 Å². The highest BCUT2D eigenvalue weighted by molar-refractivity contribution is 4.93. The Morgan fingerprint density at radius 3 is 2.35 bits per heavy atom. The maximum absolute atomic E-state index is 4.38. The second-order valence-electron chi connectivity index (χ2n) is 5.42. The van der Waals surface area contributed by atoms with Crippen LogP contribution in [0.15, 0.2) is 6.33 Å². The fraction of sp³-hybridized carbons (Fsp3) is 0.846. The lowest BCUT2D eigenvalue weighted by Crippen LogP contribution is -2.37. The molecule has 0 radical (unpaired) electrons. The second-order valence-corrected chi connectivity index (χ2v) is 5.42. The summed E-state index contributed by atoms with van der Waals surface area (Å²) in [6.45, 7) is 11.1. The average molecular weight is 238 g/mol. The van der Waals surface area contributed by atoms with Gasteiger partial charge in [0.2, 0.25) is 0 Å². The predicted molar refractivity (Wildman–Crippen MR) is 71.0 cm³/mol. The summed E-state index contributed by atoms with van der Waals surface area (Å²) in [5.74, 6) is 2.37. The molecule has 0 saturated heterocycles. The van der Waals surface area contributed by atoms with Crippen LogP contribution < -0.4 is 5.32 Å². The largest absolute Gasteiger partial charge is 0.316 e. The third-order valence-corrected chi connectivity index (χ3v) is 3.60. The zero-order chi connectivity index (χ0) is 13.0. The first-order valence-corrected chi connectivity index (χ1v) is 6.53. The number of aromatic nitrogens is 3. The van der Waals surface area contributed by atoms with Gasteiger partial charge in [-0.15, -0.1) is 0 Å². The maximum atomic E-state index is 4.38. The van der Waals surface area contributed by atoms with Gasteiger partial charge < -0.3 is 5.32 Å². The van der Waals surface area contributed by atoms with Crippen LogP contribution in [0.2, 0.25) is 0 Å². The first-order chi connectivity index (χ1) is 7.97. The molecule has 4 heteroatoms. The molecule has 0 saturated carbocycles. The summed E-state index contributed by atoms with van der Waals surface area (Å²) in [5, 5.41) is 7.69. The average Bonchev–Trinajstić information content (AvgIpc) is 2.72. The van der Waals surface area contributed by atoms with Crippen molar-refractivity contribution in [3.05, 3.63) is 12.2 Å². The number of hydrogen-bond donors (Lipinski definition) is 1. The smallest absolute Gasteiger partial charge is 0.138 e. The minimum atomic E-state index is 0.374. The van der Waals surface area contributed by atoms with Gasteiger partial charge in [-0.05, 0) is 32.7 Å². The van der Waals surface area contributed by atoms with E-state index in [4.69, 9.17) is 0 Å². The van der Waals surface area contributed by atoms with Crippen LogP contribution in [-0.2, 0) is 6.42 Å². The molecule has 2 unspecified atom stereocenters. The molecule has 1 N–H and O–H groups in total. The summed E-state index contributed by atoms with van der Waals surface area (Å²) in [4.78, 5) is 4.38. The van der Waals surface area contributed by atoms with Gasteiger partial charge in [-0.1, -0.05) is 20.8 Å². The summed E-state index contributed by atoms with van der Waals surface area (Å²) < 4.78 is 2.01. The molecule has 0 bridgehead atoms. The first-order valence-electron chi connectivity index (χ1n) is 6.53. The minimum absolute atomic E-state index is 0.374. The number of nitrogens with one attached hydrogen (secondary N) is 1. The molecule has 2 atom stereocenters. The van der Waals surface area contributed by atoms with Crippen LogP contribution in [0.3, 0.4) is 0 Å². The topological polar surface area (TPSA) is 42.7 Å². The number of nitrogens with zero attached hydrogens (tertiary/aromatic N) is 3. The SMILES string of the molecule is CNC(Cc1ncnn1C(C)C)C(C)C(C)C. The van der Waals surface area contributed by atoms with E-state index in [1.165, 1.54) is 0 Å². The molecule has 0 aromatic carbocycles. The highest BCUT2D eigenvalue weighted by atomic mass is 15.3. The van der Waals surface area contributed by atoms with Crippen molar-refractivity contribution in [3.8, 4) is 0 Å². The molecule has 17 heavy (non-hydrogen) atoms. The van der Waals surface area contributed by atoms with Crippen molar-refractivity contribution in [2.24, 2.45) is 11.8 Å². The molecule has 1 heterocycles. The molecule has 0 aliphatic carbocycles. The summed E-state index contributed by atoms with van der Waals surface area (Å²) >= 11 is 0. The summed E-state index contributed by atoms with van der Waals surface area (Å²) in [5.41, 5.74) is 0. The van der Waals surface area contributed by atoms with Crippen molar-refractivity contribution in [3.63, 3.8) is 0 Å². The Balaban J connectivity index is 2.77. The van der Waals surface area contributed by atoms with E-state index in [0.717, 1.165) is 12.2 Å². The quantitative estimate of drug-likeness (QED) is 0.827. The molecular formula is C13H26N4. The van der Waals surface area contributed by atoms with Gasteiger partial charge in [-0.25, -0.2) is 9.67 Å². The maximum Gasteiger partial charge on any atom is 0.138 e. The Kier molecular flexibility index (Phi) is 5.12. The Morgan fingerprint density at radius 1 is 1.24 bits per heavy atom. The van der Waals surface area contributed by atoms with Gasteiger partial charge in [-0.2, -0.15) is 5.10 Å². The number of hydrogen-bond acceptors (Lipinski definition) is 3.